The lowest BCUT2D eigenvalue weighted by Crippen LogP contribution is -2.37. The first-order valence-corrected chi connectivity index (χ1v) is 24.9. The number of unbranched alkanes of at least 4 members (excludes halogenated alkanes) is 20. The number of carbonyl (C=O) groups excluding carboxylic acids is 2. The van der Waals surface area contributed by atoms with Crippen molar-refractivity contribution in [1.29, 1.82) is 0 Å². The highest BCUT2D eigenvalue weighted by Gasteiger charge is 2.27. The van der Waals surface area contributed by atoms with E-state index in [4.69, 9.17) is 18.5 Å². The Kier molecular flexibility index (Phi) is 39.0. The van der Waals surface area contributed by atoms with Crippen LogP contribution in [0.4, 0.5) is 0 Å². The molecular formula is C48H89NO8P+. The number of allylic oxidation sites excluding steroid dienone is 8. The fraction of sp³-hybridized carbons (Fsp3) is 0.792. The molecular weight excluding hydrogens is 750 g/mol. The van der Waals surface area contributed by atoms with E-state index in [1.54, 1.807) is 0 Å². The van der Waals surface area contributed by atoms with E-state index in [0.29, 0.717) is 17.4 Å². The zero-order chi connectivity index (χ0) is 42.8. The molecule has 0 rings (SSSR count). The van der Waals surface area contributed by atoms with E-state index in [-0.39, 0.29) is 32.0 Å². The van der Waals surface area contributed by atoms with Crippen molar-refractivity contribution in [3.05, 3.63) is 48.6 Å². The van der Waals surface area contributed by atoms with Gasteiger partial charge >= 0.3 is 19.8 Å². The minimum Gasteiger partial charge on any atom is -0.462 e. The van der Waals surface area contributed by atoms with Gasteiger partial charge in [-0.2, -0.15) is 0 Å². The number of likely N-dealkylation sites (N-methyl/N-ethyl adjacent to an activating group) is 1. The van der Waals surface area contributed by atoms with Crippen molar-refractivity contribution in [3.63, 3.8) is 0 Å². The molecule has 2 atom stereocenters. The summed E-state index contributed by atoms with van der Waals surface area (Å²) in [6.45, 7) is 4.36. The Hall–Kier alpha value is -2.03. The summed E-state index contributed by atoms with van der Waals surface area (Å²) in [5, 5.41) is 0. The van der Waals surface area contributed by atoms with Crippen molar-refractivity contribution >= 4 is 19.8 Å². The first-order valence-electron chi connectivity index (χ1n) is 23.4. The first kappa shape index (κ1) is 56.0. The van der Waals surface area contributed by atoms with Crippen LogP contribution in [0.25, 0.3) is 0 Å². The topological polar surface area (TPSA) is 108 Å². The number of nitrogens with zero attached hydrogens (tertiary/aromatic N) is 1. The van der Waals surface area contributed by atoms with Gasteiger partial charge in [0.15, 0.2) is 6.10 Å². The molecule has 0 aromatic carbocycles. The van der Waals surface area contributed by atoms with E-state index in [2.05, 4.69) is 62.5 Å². The van der Waals surface area contributed by atoms with Crippen LogP contribution in [0.2, 0.25) is 0 Å². The average Bonchev–Trinajstić information content (AvgIpc) is 3.17. The monoisotopic (exact) mass is 839 g/mol. The molecule has 0 saturated carbocycles. The number of esters is 2. The summed E-state index contributed by atoms with van der Waals surface area (Å²) in [4.78, 5) is 35.4. The van der Waals surface area contributed by atoms with Crippen molar-refractivity contribution in [2.75, 3.05) is 47.5 Å². The van der Waals surface area contributed by atoms with Crippen molar-refractivity contribution < 1.29 is 42.1 Å². The van der Waals surface area contributed by atoms with Gasteiger partial charge in [-0.3, -0.25) is 18.6 Å². The number of hydrogen-bond acceptors (Lipinski definition) is 7. The zero-order valence-electron chi connectivity index (χ0n) is 38.0. The first-order chi connectivity index (χ1) is 28.0. The van der Waals surface area contributed by atoms with Crippen molar-refractivity contribution in [2.24, 2.45) is 0 Å². The lowest BCUT2D eigenvalue weighted by molar-refractivity contribution is -0.870. The number of phosphoric ester groups is 1. The molecule has 0 heterocycles. The summed E-state index contributed by atoms with van der Waals surface area (Å²) in [6, 6.07) is 0. The van der Waals surface area contributed by atoms with Gasteiger partial charge in [-0.05, 0) is 77.0 Å². The Bertz CT molecular complexity index is 1130. The standard InChI is InChI=1S/C48H88NO8P/c1-6-8-10-12-14-16-18-20-22-24-26-28-30-32-34-36-38-40-47(50)54-44-46(45-56-58(52,53)55-43-42-49(3,4)5)57-48(51)41-39-37-35-33-31-29-27-25-23-21-19-17-15-13-11-9-7-2/h15,17,20-23,27,29,46H,6-14,16,18-19,24-26,28,30-45H2,1-5H3/p+1/b17-15+,22-20+,23-21+,29-27+/t46-/m1/s1. The highest BCUT2D eigenvalue weighted by Crippen LogP contribution is 2.43. The smallest absolute Gasteiger partial charge is 0.462 e. The van der Waals surface area contributed by atoms with Gasteiger partial charge < -0.3 is 18.9 Å². The third-order valence-electron chi connectivity index (χ3n) is 9.83. The van der Waals surface area contributed by atoms with E-state index in [1.807, 2.05) is 21.1 Å². The Morgan fingerprint density at radius 3 is 1.43 bits per heavy atom. The van der Waals surface area contributed by atoms with Crippen LogP contribution in [0, 0.1) is 0 Å². The fourth-order valence-electron chi connectivity index (χ4n) is 6.13. The number of carbonyl (C=O) groups is 2. The molecule has 0 saturated heterocycles. The maximum atomic E-state index is 12.7. The minimum absolute atomic E-state index is 0.0252. The molecule has 338 valence electrons. The normalized spacial score (nSPS) is 14.0. The van der Waals surface area contributed by atoms with Crippen molar-refractivity contribution in [2.45, 2.75) is 200 Å². The molecule has 10 heteroatoms. The molecule has 0 aromatic heterocycles. The second kappa shape index (κ2) is 40.4. The number of ether oxygens (including phenoxy) is 2. The molecule has 0 aliphatic carbocycles. The maximum absolute atomic E-state index is 12.7. The second-order valence-corrected chi connectivity index (χ2v) is 18.2. The second-order valence-electron chi connectivity index (χ2n) is 16.8. The van der Waals surface area contributed by atoms with Crippen LogP contribution >= 0.6 is 7.82 Å². The minimum atomic E-state index is -4.38. The molecule has 1 N–H and O–H groups in total. The van der Waals surface area contributed by atoms with E-state index in [0.717, 1.165) is 70.6 Å². The third kappa shape index (κ3) is 43.5. The largest absolute Gasteiger partial charge is 0.472 e. The van der Waals surface area contributed by atoms with E-state index in [9.17, 15) is 19.0 Å². The summed E-state index contributed by atoms with van der Waals surface area (Å²) >= 11 is 0. The molecule has 9 nitrogen and oxygen atoms in total. The predicted octanol–water partition coefficient (Wildman–Crippen LogP) is 13.5. The highest BCUT2D eigenvalue weighted by atomic mass is 31.2. The summed E-state index contributed by atoms with van der Waals surface area (Å²) in [7, 11) is 1.46. The van der Waals surface area contributed by atoms with Crippen LogP contribution in [0.1, 0.15) is 194 Å². The van der Waals surface area contributed by atoms with Gasteiger partial charge in [0.2, 0.25) is 0 Å². The van der Waals surface area contributed by atoms with Crippen LogP contribution in [0.3, 0.4) is 0 Å². The number of rotatable bonds is 42. The van der Waals surface area contributed by atoms with E-state index < -0.39 is 26.5 Å². The molecule has 58 heavy (non-hydrogen) atoms. The summed E-state index contributed by atoms with van der Waals surface area (Å²) in [6.07, 6.45) is 47.2. The quantitative estimate of drug-likeness (QED) is 0.0213. The average molecular weight is 839 g/mol. The van der Waals surface area contributed by atoms with Gasteiger partial charge in [-0.15, -0.1) is 0 Å². The predicted molar refractivity (Wildman–Crippen MR) is 243 cm³/mol. The Morgan fingerprint density at radius 2 is 0.931 bits per heavy atom. The zero-order valence-corrected chi connectivity index (χ0v) is 38.9. The van der Waals surface area contributed by atoms with E-state index >= 15 is 0 Å². The molecule has 0 aliphatic heterocycles. The fourth-order valence-corrected chi connectivity index (χ4v) is 6.87. The summed E-state index contributed by atoms with van der Waals surface area (Å²) < 4.78 is 34.3. The summed E-state index contributed by atoms with van der Waals surface area (Å²) in [5.41, 5.74) is 0. The van der Waals surface area contributed by atoms with Gasteiger partial charge in [-0.25, -0.2) is 4.57 Å². The van der Waals surface area contributed by atoms with Crippen molar-refractivity contribution in [3.8, 4) is 0 Å². The number of quaternary nitrogens is 1. The molecule has 0 spiro atoms. The number of hydrogen-bond donors (Lipinski definition) is 1. The maximum Gasteiger partial charge on any atom is 0.472 e. The lowest BCUT2D eigenvalue weighted by Gasteiger charge is -2.24. The third-order valence-corrected chi connectivity index (χ3v) is 10.8. The van der Waals surface area contributed by atoms with Crippen LogP contribution < -0.4 is 0 Å². The van der Waals surface area contributed by atoms with Crippen LogP contribution in [0.5, 0.6) is 0 Å². The van der Waals surface area contributed by atoms with Gasteiger partial charge in [-0.1, -0.05) is 152 Å². The van der Waals surface area contributed by atoms with Crippen molar-refractivity contribution in [1.82, 2.24) is 0 Å². The van der Waals surface area contributed by atoms with Crippen LogP contribution in [-0.4, -0.2) is 74.9 Å². The molecule has 0 fully saturated rings. The van der Waals surface area contributed by atoms with E-state index in [1.165, 1.54) is 89.9 Å². The van der Waals surface area contributed by atoms with Gasteiger partial charge in [0.1, 0.15) is 19.8 Å². The number of phosphoric acid groups is 1. The molecule has 1 unspecified atom stereocenters. The summed E-state index contributed by atoms with van der Waals surface area (Å²) in [5.74, 6) is -0.828. The molecule has 0 bridgehead atoms. The highest BCUT2D eigenvalue weighted by molar-refractivity contribution is 7.47. The lowest BCUT2D eigenvalue weighted by atomic mass is 10.1. The SMILES string of the molecule is CCCCC/C=C/C/C=C/C/C=C/CCCCCCC(=O)O[C@H](COC(=O)CCCCCCCCC/C=C/CCCCCCCC)COP(=O)(O)OCC[N+](C)(C)C. The van der Waals surface area contributed by atoms with Crippen LogP contribution in [-0.2, 0) is 32.7 Å². The van der Waals surface area contributed by atoms with Gasteiger partial charge in [0.25, 0.3) is 0 Å². The molecule has 0 amide bonds. The Labute approximate surface area is 356 Å². The molecule has 0 aromatic rings. The Morgan fingerprint density at radius 1 is 0.534 bits per heavy atom. The molecule has 0 radical (unpaired) electrons. The molecule has 0 aliphatic rings. The van der Waals surface area contributed by atoms with Gasteiger partial charge in [0.05, 0.1) is 27.7 Å². The Balaban J connectivity index is 4.38. The van der Waals surface area contributed by atoms with Gasteiger partial charge in [0, 0.05) is 12.8 Å². The van der Waals surface area contributed by atoms with Crippen LogP contribution in [0.15, 0.2) is 48.6 Å².